The summed E-state index contributed by atoms with van der Waals surface area (Å²) in [6.07, 6.45) is 0.542. The Hall–Kier alpha value is -3.54. The third-order valence-electron chi connectivity index (χ3n) is 4.72. The van der Waals surface area contributed by atoms with Crippen molar-refractivity contribution in [1.29, 1.82) is 0 Å². The highest BCUT2D eigenvalue weighted by Gasteiger charge is 2.11. The van der Waals surface area contributed by atoms with Crippen molar-refractivity contribution < 1.29 is 0 Å². The van der Waals surface area contributed by atoms with E-state index in [1.165, 1.54) is 0 Å². The van der Waals surface area contributed by atoms with Crippen LogP contribution in [0.15, 0.2) is 53.3 Å². The van der Waals surface area contributed by atoms with Gasteiger partial charge >= 0.3 is 0 Å². The predicted octanol–water partition coefficient (Wildman–Crippen LogP) is 3.97. The lowest BCUT2D eigenvalue weighted by Gasteiger charge is -2.10. The summed E-state index contributed by atoms with van der Waals surface area (Å²) < 4.78 is 0. The molecule has 6 nitrogen and oxygen atoms in total. The van der Waals surface area contributed by atoms with E-state index in [9.17, 15) is 4.79 Å². The molecule has 0 aliphatic rings. The van der Waals surface area contributed by atoms with Crippen molar-refractivity contribution in [3.63, 3.8) is 0 Å². The number of aryl methyl sites for hydroxylation is 3. The maximum absolute atomic E-state index is 12.6. The summed E-state index contributed by atoms with van der Waals surface area (Å²) in [4.78, 5) is 28.9. The van der Waals surface area contributed by atoms with E-state index in [1.54, 1.807) is 0 Å². The van der Waals surface area contributed by atoms with Crippen LogP contribution in [0.3, 0.4) is 0 Å². The van der Waals surface area contributed by atoms with E-state index in [0.29, 0.717) is 29.6 Å². The van der Waals surface area contributed by atoms with Gasteiger partial charge in [-0.15, -0.1) is 0 Å². The van der Waals surface area contributed by atoms with Gasteiger partial charge in [0.15, 0.2) is 0 Å². The molecule has 0 amide bonds. The standard InChI is InChI=1S/C22H21N5O/c1-13-9-10-19-17(11-13)14(2)23-21(25-19)27-22-24-15(3)18(20(28)26-22)12-16-7-5-4-6-8-16/h4-11H,12H2,1-3H3,(H2,23,24,25,26,27,28). The van der Waals surface area contributed by atoms with E-state index in [4.69, 9.17) is 0 Å². The van der Waals surface area contributed by atoms with Gasteiger partial charge in [0.25, 0.3) is 5.56 Å². The number of aromatic nitrogens is 4. The Labute approximate surface area is 162 Å². The monoisotopic (exact) mass is 371 g/mol. The molecule has 0 radical (unpaired) electrons. The molecule has 2 aromatic heterocycles. The molecule has 2 N–H and O–H groups in total. The summed E-state index contributed by atoms with van der Waals surface area (Å²) in [6.45, 7) is 5.83. The summed E-state index contributed by atoms with van der Waals surface area (Å²) in [6, 6.07) is 15.9. The Morgan fingerprint density at radius 2 is 1.71 bits per heavy atom. The van der Waals surface area contributed by atoms with Gasteiger partial charge in [-0.1, -0.05) is 42.0 Å². The second-order valence-electron chi connectivity index (χ2n) is 6.92. The van der Waals surface area contributed by atoms with Gasteiger partial charge in [-0.25, -0.2) is 15.0 Å². The predicted molar refractivity (Wildman–Crippen MR) is 111 cm³/mol. The highest BCUT2D eigenvalue weighted by molar-refractivity contribution is 5.82. The van der Waals surface area contributed by atoms with Crippen LogP contribution in [0.5, 0.6) is 0 Å². The van der Waals surface area contributed by atoms with Gasteiger partial charge in [0.05, 0.1) is 16.9 Å². The number of anilines is 2. The van der Waals surface area contributed by atoms with Gasteiger partial charge in [-0.2, -0.15) is 0 Å². The minimum Gasteiger partial charge on any atom is -0.294 e. The number of fused-ring (bicyclic) bond motifs is 1. The van der Waals surface area contributed by atoms with Crippen molar-refractivity contribution in [1.82, 2.24) is 19.9 Å². The number of nitrogens with zero attached hydrogens (tertiary/aromatic N) is 3. The Balaban J connectivity index is 1.65. The largest absolute Gasteiger partial charge is 0.294 e. The number of H-pyrrole nitrogens is 1. The molecule has 0 unspecified atom stereocenters. The van der Waals surface area contributed by atoms with Crippen LogP contribution < -0.4 is 10.9 Å². The fourth-order valence-corrected chi connectivity index (χ4v) is 3.23. The summed E-state index contributed by atoms with van der Waals surface area (Å²) in [5.41, 5.74) is 5.13. The highest BCUT2D eigenvalue weighted by Crippen LogP contribution is 2.20. The number of rotatable bonds is 4. The fraction of sp³-hybridized carbons (Fsp3) is 0.182. The molecule has 2 heterocycles. The molecule has 0 atom stereocenters. The molecule has 4 rings (SSSR count). The first-order chi connectivity index (χ1) is 13.5. The molecule has 6 heteroatoms. The van der Waals surface area contributed by atoms with Crippen molar-refractivity contribution in [2.24, 2.45) is 0 Å². The molecule has 0 fully saturated rings. The van der Waals surface area contributed by atoms with Crippen molar-refractivity contribution >= 4 is 22.8 Å². The van der Waals surface area contributed by atoms with Crippen LogP contribution in [0, 0.1) is 20.8 Å². The van der Waals surface area contributed by atoms with Crippen LogP contribution in [-0.2, 0) is 6.42 Å². The van der Waals surface area contributed by atoms with E-state index in [0.717, 1.165) is 27.7 Å². The number of aromatic amines is 1. The van der Waals surface area contributed by atoms with E-state index in [2.05, 4.69) is 31.3 Å². The van der Waals surface area contributed by atoms with E-state index >= 15 is 0 Å². The van der Waals surface area contributed by atoms with Crippen LogP contribution in [0.4, 0.5) is 11.9 Å². The fourth-order valence-electron chi connectivity index (χ4n) is 3.23. The van der Waals surface area contributed by atoms with Gasteiger partial charge < -0.3 is 0 Å². The lowest BCUT2D eigenvalue weighted by molar-refractivity contribution is 0.978. The summed E-state index contributed by atoms with van der Waals surface area (Å²) in [5.74, 6) is 0.748. The lowest BCUT2D eigenvalue weighted by Crippen LogP contribution is -2.19. The molecule has 4 aromatic rings. The number of hydrogen-bond acceptors (Lipinski definition) is 5. The van der Waals surface area contributed by atoms with Crippen molar-refractivity contribution in [2.45, 2.75) is 27.2 Å². The van der Waals surface area contributed by atoms with Crippen molar-refractivity contribution in [2.75, 3.05) is 5.32 Å². The summed E-state index contributed by atoms with van der Waals surface area (Å²) >= 11 is 0. The molecule has 0 saturated heterocycles. The van der Waals surface area contributed by atoms with E-state index in [1.807, 2.05) is 63.2 Å². The third-order valence-corrected chi connectivity index (χ3v) is 4.72. The molecule has 0 aliphatic heterocycles. The quantitative estimate of drug-likeness (QED) is 0.567. The average Bonchev–Trinajstić information content (AvgIpc) is 2.66. The number of hydrogen-bond donors (Lipinski definition) is 2. The Morgan fingerprint density at radius 3 is 2.46 bits per heavy atom. The maximum Gasteiger partial charge on any atom is 0.256 e. The molecule has 0 saturated carbocycles. The topological polar surface area (TPSA) is 83.6 Å². The first-order valence-corrected chi connectivity index (χ1v) is 9.15. The maximum atomic E-state index is 12.6. The number of benzene rings is 2. The van der Waals surface area contributed by atoms with Gasteiger partial charge in [-0.05, 0) is 38.5 Å². The van der Waals surface area contributed by atoms with Gasteiger partial charge in [0.2, 0.25) is 11.9 Å². The molecule has 0 bridgehead atoms. The first kappa shape index (κ1) is 17.9. The van der Waals surface area contributed by atoms with Gasteiger partial charge in [0.1, 0.15) is 0 Å². The summed E-state index contributed by atoms with van der Waals surface area (Å²) in [7, 11) is 0. The van der Waals surface area contributed by atoms with E-state index < -0.39 is 0 Å². The van der Waals surface area contributed by atoms with Crippen LogP contribution in [-0.4, -0.2) is 19.9 Å². The van der Waals surface area contributed by atoms with Crippen LogP contribution in [0.2, 0.25) is 0 Å². The lowest BCUT2D eigenvalue weighted by atomic mass is 10.1. The van der Waals surface area contributed by atoms with Crippen LogP contribution >= 0.6 is 0 Å². The third kappa shape index (κ3) is 3.62. The van der Waals surface area contributed by atoms with Gasteiger partial charge in [-0.3, -0.25) is 15.1 Å². The number of nitrogens with one attached hydrogen (secondary N) is 2. The zero-order valence-electron chi connectivity index (χ0n) is 16.1. The molecular weight excluding hydrogens is 350 g/mol. The van der Waals surface area contributed by atoms with Crippen molar-refractivity contribution in [3.8, 4) is 0 Å². The first-order valence-electron chi connectivity index (χ1n) is 9.15. The second-order valence-corrected chi connectivity index (χ2v) is 6.92. The smallest absolute Gasteiger partial charge is 0.256 e. The minimum absolute atomic E-state index is 0.160. The molecule has 2 aromatic carbocycles. The minimum atomic E-state index is -0.160. The normalized spacial score (nSPS) is 11.0. The van der Waals surface area contributed by atoms with Crippen molar-refractivity contribution in [3.05, 3.63) is 87.0 Å². The van der Waals surface area contributed by atoms with Crippen LogP contribution in [0.25, 0.3) is 10.9 Å². The molecular formula is C22H21N5O. The Morgan fingerprint density at radius 1 is 0.929 bits per heavy atom. The molecule has 0 spiro atoms. The van der Waals surface area contributed by atoms with E-state index in [-0.39, 0.29) is 5.56 Å². The highest BCUT2D eigenvalue weighted by atomic mass is 16.1. The molecule has 0 aliphatic carbocycles. The average molecular weight is 371 g/mol. The van der Waals surface area contributed by atoms with Crippen LogP contribution in [0.1, 0.15) is 28.1 Å². The second kappa shape index (κ2) is 7.23. The zero-order chi connectivity index (χ0) is 19.7. The summed E-state index contributed by atoms with van der Waals surface area (Å²) in [5, 5.41) is 4.05. The Bertz CT molecular complexity index is 1220. The van der Waals surface area contributed by atoms with Gasteiger partial charge in [0, 0.05) is 17.4 Å². The Kier molecular flexibility index (Phi) is 4.61. The SMILES string of the molecule is Cc1ccc2nc(Nc3nc(C)c(Cc4ccccc4)c(=O)[nH]3)nc(C)c2c1. The molecule has 28 heavy (non-hydrogen) atoms. The molecule has 140 valence electrons. The zero-order valence-corrected chi connectivity index (χ0v) is 16.1.